The van der Waals surface area contributed by atoms with Crippen LogP contribution < -0.4 is 0 Å². The molecule has 0 bridgehead atoms. The minimum atomic E-state index is -0.369. The van der Waals surface area contributed by atoms with Crippen LogP contribution in [-0.4, -0.2) is 28.4 Å². The third kappa shape index (κ3) is 3.20. The van der Waals surface area contributed by atoms with Crippen molar-refractivity contribution in [1.29, 1.82) is 0 Å². The Labute approximate surface area is 99.8 Å². The van der Waals surface area contributed by atoms with Crippen molar-refractivity contribution in [3.05, 3.63) is 29.8 Å². The van der Waals surface area contributed by atoms with Crippen molar-refractivity contribution in [3.63, 3.8) is 0 Å². The highest BCUT2D eigenvalue weighted by atomic mass is 16.5. The van der Waals surface area contributed by atoms with Gasteiger partial charge in [0.1, 0.15) is 11.9 Å². The third-order valence-electron chi connectivity index (χ3n) is 3.02. The number of hydrogen-bond acceptors (Lipinski definition) is 4. The van der Waals surface area contributed by atoms with Crippen LogP contribution in [-0.2, 0) is 4.74 Å². The van der Waals surface area contributed by atoms with E-state index in [1.54, 1.807) is 0 Å². The van der Waals surface area contributed by atoms with Crippen LogP contribution in [0.25, 0.3) is 0 Å². The van der Waals surface area contributed by atoms with E-state index in [9.17, 15) is 9.90 Å². The van der Waals surface area contributed by atoms with Crippen molar-refractivity contribution >= 4 is 5.97 Å². The molecule has 1 aromatic rings. The lowest BCUT2D eigenvalue weighted by Gasteiger charge is -2.25. The minimum Gasteiger partial charge on any atom is -0.508 e. The highest BCUT2D eigenvalue weighted by molar-refractivity contribution is 5.89. The molecule has 1 saturated carbocycles. The molecule has 1 aliphatic carbocycles. The Kier molecular flexibility index (Phi) is 3.64. The van der Waals surface area contributed by atoms with Crippen LogP contribution >= 0.6 is 0 Å². The summed E-state index contributed by atoms with van der Waals surface area (Å²) in [5.74, 6) is -0.242. The Morgan fingerprint density at radius 1 is 1.12 bits per heavy atom. The van der Waals surface area contributed by atoms with Crippen molar-refractivity contribution in [3.8, 4) is 5.75 Å². The van der Waals surface area contributed by atoms with Crippen LogP contribution in [0, 0.1) is 0 Å². The van der Waals surface area contributed by atoms with Gasteiger partial charge in [-0.25, -0.2) is 4.79 Å². The highest BCUT2D eigenvalue weighted by Crippen LogP contribution is 2.22. The molecule has 17 heavy (non-hydrogen) atoms. The van der Waals surface area contributed by atoms with E-state index in [1.807, 2.05) is 0 Å². The molecule has 2 rings (SSSR count). The summed E-state index contributed by atoms with van der Waals surface area (Å²) < 4.78 is 5.33. The topological polar surface area (TPSA) is 66.8 Å². The second-order valence-electron chi connectivity index (χ2n) is 4.38. The second-order valence-corrected chi connectivity index (χ2v) is 4.38. The molecule has 0 aromatic heterocycles. The largest absolute Gasteiger partial charge is 0.508 e. The lowest BCUT2D eigenvalue weighted by molar-refractivity contribution is 0.00460. The van der Waals surface area contributed by atoms with Gasteiger partial charge in [0.15, 0.2) is 0 Å². The predicted molar refractivity (Wildman–Crippen MR) is 61.8 cm³/mol. The van der Waals surface area contributed by atoms with E-state index in [-0.39, 0.29) is 23.9 Å². The average molecular weight is 236 g/mol. The van der Waals surface area contributed by atoms with E-state index in [2.05, 4.69) is 0 Å². The van der Waals surface area contributed by atoms with Crippen LogP contribution in [0.1, 0.15) is 36.0 Å². The fourth-order valence-electron chi connectivity index (χ4n) is 1.98. The number of phenols is 1. The number of ether oxygens (including phenoxy) is 1. The van der Waals surface area contributed by atoms with Gasteiger partial charge in [-0.05, 0) is 49.9 Å². The van der Waals surface area contributed by atoms with E-state index in [0.29, 0.717) is 31.2 Å². The summed E-state index contributed by atoms with van der Waals surface area (Å²) in [5, 5.41) is 18.4. The quantitative estimate of drug-likeness (QED) is 0.769. The van der Waals surface area contributed by atoms with Crippen molar-refractivity contribution < 1.29 is 19.7 Å². The first kappa shape index (κ1) is 11.9. The SMILES string of the molecule is O=C(O[C@H]1CC[C@H](O)CC1)c1ccc(O)cc1. The average Bonchev–Trinajstić information content (AvgIpc) is 2.33. The maximum absolute atomic E-state index is 11.7. The van der Waals surface area contributed by atoms with Crippen LogP contribution in [0.2, 0.25) is 0 Å². The number of esters is 1. The van der Waals surface area contributed by atoms with Gasteiger partial charge < -0.3 is 14.9 Å². The lowest BCUT2D eigenvalue weighted by Crippen LogP contribution is -2.26. The Morgan fingerprint density at radius 3 is 2.29 bits per heavy atom. The van der Waals surface area contributed by atoms with E-state index in [0.717, 1.165) is 0 Å². The summed E-state index contributed by atoms with van der Waals surface area (Å²) in [7, 11) is 0. The molecule has 0 spiro atoms. The Morgan fingerprint density at radius 2 is 1.71 bits per heavy atom. The molecule has 0 heterocycles. The first-order valence-corrected chi connectivity index (χ1v) is 5.83. The number of aliphatic hydroxyl groups excluding tert-OH is 1. The summed E-state index contributed by atoms with van der Waals surface area (Å²) in [6, 6.07) is 5.99. The Hall–Kier alpha value is -1.55. The van der Waals surface area contributed by atoms with Crippen molar-refractivity contribution in [2.75, 3.05) is 0 Å². The lowest BCUT2D eigenvalue weighted by atomic mass is 9.95. The summed E-state index contributed by atoms with van der Waals surface area (Å²) in [5.41, 5.74) is 0.439. The number of aliphatic hydroxyl groups is 1. The first-order chi connectivity index (χ1) is 8.15. The molecule has 1 aromatic carbocycles. The van der Waals surface area contributed by atoms with Crippen molar-refractivity contribution in [2.45, 2.75) is 37.9 Å². The number of rotatable bonds is 2. The molecule has 0 amide bonds. The normalized spacial score (nSPS) is 24.3. The smallest absolute Gasteiger partial charge is 0.338 e. The zero-order chi connectivity index (χ0) is 12.3. The van der Waals surface area contributed by atoms with Gasteiger partial charge in [-0.1, -0.05) is 0 Å². The maximum Gasteiger partial charge on any atom is 0.338 e. The molecule has 0 atom stereocenters. The van der Waals surface area contributed by atoms with Crippen molar-refractivity contribution in [2.24, 2.45) is 0 Å². The molecule has 1 fully saturated rings. The van der Waals surface area contributed by atoms with Gasteiger partial charge in [0.2, 0.25) is 0 Å². The molecule has 0 radical (unpaired) electrons. The van der Waals surface area contributed by atoms with Crippen molar-refractivity contribution in [1.82, 2.24) is 0 Å². The highest BCUT2D eigenvalue weighted by Gasteiger charge is 2.22. The number of phenolic OH excluding ortho intramolecular Hbond substituents is 1. The molecule has 0 unspecified atom stereocenters. The first-order valence-electron chi connectivity index (χ1n) is 5.83. The fraction of sp³-hybridized carbons (Fsp3) is 0.462. The van der Waals surface area contributed by atoms with Gasteiger partial charge >= 0.3 is 5.97 Å². The summed E-state index contributed by atoms with van der Waals surface area (Å²) >= 11 is 0. The zero-order valence-corrected chi connectivity index (χ0v) is 9.50. The fourth-order valence-corrected chi connectivity index (χ4v) is 1.98. The molecular formula is C13H16O4. The Balaban J connectivity index is 1.91. The van der Waals surface area contributed by atoms with Crippen LogP contribution in [0.5, 0.6) is 5.75 Å². The van der Waals surface area contributed by atoms with Gasteiger partial charge in [0, 0.05) is 0 Å². The standard InChI is InChI=1S/C13H16O4/c14-10-3-1-9(2-4-10)13(16)17-12-7-5-11(15)6-8-12/h1-4,11-12,14-15H,5-8H2/t11-,12-. The summed E-state index contributed by atoms with van der Waals surface area (Å²) in [4.78, 5) is 11.7. The van der Waals surface area contributed by atoms with Crippen LogP contribution in [0.3, 0.4) is 0 Å². The summed E-state index contributed by atoms with van der Waals surface area (Å²) in [6.07, 6.45) is 2.45. The predicted octanol–water partition coefficient (Wildman–Crippen LogP) is 1.85. The molecule has 2 N–H and O–H groups in total. The van der Waals surface area contributed by atoms with E-state index >= 15 is 0 Å². The number of hydrogen-bond donors (Lipinski definition) is 2. The van der Waals surface area contributed by atoms with Crippen LogP contribution in [0.15, 0.2) is 24.3 Å². The van der Waals surface area contributed by atoms with Gasteiger partial charge in [0.05, 0.1) is 11.7 Å². The summed E-state index contributed by atoms with van der Waals surface area (Å²) in [6.45, 7) is 0. The molecular weight excluding hydrogens is 220 g/mol. The molecule has 0 saturated heterocycles. The third-order valence-corrected chi connectivity index (χ3v) is 3.02. The van der Waals surface area contributed by atoms with Gasteiger partial charge in [-0.2, -0.15) is 0 Å². The van der Waals surface area contributed by atoms with Crippen LogP contribution in [0.4, 0.5) is 0 Å². The molecule has 92 valence electrons. The van der Waals surface area contributed by atoms with E-state index in [4.69, 9.17) is 9.84 Å². The molecule has 4 nitrogen and oxygen atoms in total. The van der Waals surface area contributed by atoms with Gasteiger partial charge in [-0.3, -0.25) is 0 Å². The second kappa shape index (κ2) is 5.19. The number of carbonyl (C=O) groups is 1. The molecule has 4 heteroatoms. The number of benzene rings is 1. The maximum atomic E-state index is 11.7. The van der Waals surface area contributed by atoms with Gasteiger partial charge in [0.25, 0.3) is 0 Å². The molecule has 1 aliphatic rings. The van der Waals surface area contributed by atoms with E-state index in [1.165, 1.54) is 24.3 Å². The number of aromatic hydroxyl groups is 1. The Bertz CT molecular complexity index is 377. The van der Waals surface area contributed by atoms with E-state index < -0.39 is 0 Å². The zero-order valence-electron chi connectivity index (χ0n) is 9.50. The number of carbonyl (C=O) groups excluding carboxylic acids is 1. The van der Waals surface area contributed by atoms with Gasteiger partial charge in [-0.15, -0.1) is 0 Å². The molecule has 0 aliphatic heterocycles. The minimum absolute atomic E-state index is 0.0975. The monoisotopic (exact) mass is 236 g/mol.